The number of hydrogen-bond acceptors (Lipinski definition) is 5. The van der Waals surface area contributed by atoms with Crippen LogP contribution in [0.4, 0.5) is 0 Å². The molecule has 2 aromatic heterocycles. The monoisotopic (exact) mass is 429 g/mol. The molecular formula is C22H27N3O4S. The molecule has 1 N–H and O–H groups in total. The van der Waals surface area contributed by atoms with Gasteiger partial charge < -0.3 is 10.1 Å². The van der Waals surface area contributed by atoms with E-state index in [0.717, 1.165) is 21.4 Å². The first kappa shape index (κ1) is 21.8. The van der Waals surface area contributed by atoms with Crippen LogP contribution in [0.25, 0.3) is 15.9 Å². The molecule has 30 heavy (non-hydrogen) atoms. The minimum absolute atomic E-state index is 0.00696. The number of aryl methyl sites for hydroxylation is 2. The summed E-state index contributed by atoms with van der Waals surface area (Å²) >= 11 is 1.36. The lowest BCUT2D eigenvalue weighted by molar-refractivity contribution is -0.122. The lowest BCUT2D eigenvalue weighted by atomic mass is 10.2. The van der Waals surface area contributed by atoms with E-state index < -0.39 is 5.69 Å². The molecular weight excluding hydrogens is 402 g/mol. The van der Waals surface area contributed by atoms with E-state index in [0.29, 0.717) is 28.3 Å². The van der Waals surface area contributed by atoms with Crippen molar-refractivity contribution in [3.63, 3.8) is 0 Å². The molecule has 3 aromatic rings. The third kappa shape index (κ3) is 4.05. The number of rotatable bonds is 7. The minimum Gasteiger partial charge on any atom is -0.494 e. The Morgan fingerprint density at radius 3 is 2.43 bits per heavy atom. The normalized spacial score (nSPS) is 12.2. The van der Waals surface area contributed by atoms with Gasteiger partial charge in [0.1, 0.15) is 17.1 Å². The molecule has 0 fully saturated rings. The van der Waals surface area contributed by atoms with Gasteiger partial charge in [0.05, 0.1) is 17.7 Å². The number of carbonyl (C=O) groups is 1. The molecule has 0 saturated carbocycles. The fraction of sp³-hybridized carbons (Fsp3) is 0.409. The number of thiophene rings is 1. The Bertz CT molecular complexity index is 1190. The van der Waals surface area contributed by atoms with E-state index in [9.17, 15) is 14.4 Å². The molecule has 1 aromatic carbocycles. The fourth-order valence-corrected chi connectivity index (χ4v) is 4.39. The van der Waals surface area contributed by atoms with Gasteiger partial charge in [-0.2, -0.15) is 0 Å². The first-order chi connectivity index (χ1) is 14.3. The summed E-state index contributed by atoms with van der Waals surface area (Å²) < 4.78 is 7.98. The molecule has 0 radical (unpaired) electrons. The van der Waals surface area contributed by atoms with E-state index in [4.69, 9.17) is 4.74 Å². The molecule has 0 aliphatic carbocycles. The number of carbonyl (C=O) groups excluding carboxylic acids is 1. The van der Waals surface area contributed by atoms with Gasteiger partial charge in [-0.05, 0) is 63.9 Å². The van der Waals surface area contributed by atoms with Crippen molar-refractivity contribution >= 4 is 27.5 Å². The van der Waals surface area contributed by atoms with Crippen molar-refractivity contribution in [3.8, 4) is 11.4 Å². The Morgan fingerprint density at radius 1 is 1.17 bits per heavy atom. The van der Waals surface area contributed by atoms with Crippen LogP contribution in [-0.4, -0.2) is 27.7 Å². The van der Waals surface area contributed by atoms with Gasteiger partial charge in [0.15, 0.2) is 0 Å². The van der Waals surface area contributed by atoms with Crippen molar-refractivity contribution in [1.29, 1.82) is 0 Å². The molecule has 2 heterocycles. The van der Waals surface area contributed by atoms with E-state index >= 15 is 0 Å². The predicted molar refractivity (Wildman–Crippen MR) is 120 cm³/mol. The Balaban J connectivity index is 2.21. The van der Waals surface area contributed by atoms with E-state index in [1.54, 1.807) is 24.3 Å². The Morgan fingerprint density at radius 2 is 1.83 bits per heavy atom. The fourth-order valence-electron chi connectivity index (χ4n) is 3.25. The van der Waals surface area contributed by atoms with Crippen LogP contribution in [0.15, 0.2) is 33.9 Å². The molecule has 0 unspecified atom stereocenters. The topological polar surface area (TPSA) is 82.3 Å². The van der Waals surface area contributed by atoms with Crippen LogP contribution in [0, 0.1) is 13.8 Å². The average Bonchev–Trinajstić information content (AvgIpc) is 3.01. The van der Waals surface area contributed by atoms with Crippen LogP contribution in [0.1, 0.15) is 37.6 Å². The standard InChI is InChI=1S/C22H27N3O4S/c1-6-13(3)23-18(26)12-24-21-19(14(4)15(5)30-21)20(27)25(22(24)28)16-8-10-17(11-9-16)29-7-2/h8-11,13H,6-7,12H2,1-5H3,(H,23,26)/t13-/m0/s1. The number of nitrogens with one attached hydrogen (secondary N) is 1. The highest BCUT2D eigenvalue weighted by atomic mass is 32.1. The van der Waals surface area contributed by atoms with Gasteiger partial charge >= 0.3 is 5.69 Å². The summed E-state index contributed by atoms with van der Waals surface area (Å²) in [6.07, 6.45) is 0.791. The summed E-state index contributed by atoms with van der Waals surface area (Å²) in [6.45, 7) is 9.94. The molecule has 3 rings (SSSR count). The van der Waals surface area contributed by atoms with Crippen molar-refractivity contribution in [2.75, 3.05) is 6.61 Å². The van der Waals surface area contributed by atoms with E-state index in [1.165, 1.54) is 15.9 Å². The summed E-state index contributed by atoms with van der Waals surface area (Å²) in [7, 11) is 0. The number of amides is 1. The zero-order chi connectivity index (χ0) is 22.0. The number of ether oxygens (including phenoxy) is 1. The molecule has 0 aliphatic rings. The first-order valence-corrected chi connectivity index (χ1v) is 10.9. The van der Waals surface area contributed by atoms with Gasteiger partial charge in [-0.3, -0.25) is 14.2 Å². The van der Waals surface area contributed by atoms with Crippen LogP contribution in [0.3, 0.4) is 0 Å². The number of fused-ring (bicyclic) bond motifs is 1. The summed E-state index contributed by atoms with van der Waals surface area (Å²) in [6, 6.07) is 6.81. The molecule has 8 heteroatoms. The second-order valence-corrected chi connectivity index (χ2v) is 8.48. The molecule has 0 saturated heterocycles. The highest BCUT2D eigenvalue weighted by molar-refractivity contribution is 7.18. The maximum atomic E-state index is 13.3. The average molecular weight is 430 g/mol. The van der Waals surface area contributed by atoms with Crippen molar-refractivity contribution < 1.29 is 9.53 Å². The third-order valence-electron chi connectivity index (χ3n) is 5.18. The number of nitrogens with zero attached hydrogens (tertiary/aromatic N) is 2. The van der Waals surface area contributed by atoms with Crippen LogP contribution in [0.5, 0.6) is 5.75 Å². The molecule has 160 valence electrons. The smallest absolute Gasteiger partial charge is 0.337 e. The molecule has 0 spiro atoms. The van der Waals surface area contributed by atoms with Gasteiger partial charge in [0, 0.05) is 10.9 Å². The zero-order valence-corrected chi connectivity index (χ0v) is 18.8. The molecule has 0 aliphatic heterocycles. The highest BCUT2D eigenvalue weighted by Gasteiger charge is 2.21. The molecule has 7 nitrogen and oxygen atoms in total. The second-order valence-electron chi connectivity index (χ2n) is 7.28. The molecule has 1 atom stereocenters. The second kappa shape index (κ2) is 8.87. The summed E-state index contributed by atoms with van der Waals surface area (Å²) in [5, 5.41) is 3.36. The Hall–Kier alpha value is -2.87. The third-order valence-corrected chi connectivity index (χ3v) is 6.41. The quantitative estimate of drug-likeness (QED) is 0.626. The largest absolute Gasteiger partial charge is 0.494 e. The van der Waals surface area contributed by atoms with Crippen molar-refractivity contribution in [2.45, 2.75) is 53.6 Å². The highest BCUT2D eigenvalue weighted by Crippen LogP contribution is 2.27. The summed E-state index contributed by atoms with van der Waals surface area (Å²) in [5.41, 5.74) is 0.363. The van der Waals surface area contributed by atoms with Gasteiger partial charge in [0.2, 0.25) is 5.91 Å². The molecule has 1 amide bonds. The van der Waals surface area contributed by atoms with Gasteiger partial charge in [-0.25, -0.2) is 9.36 Å². The van der Waals surface area contributed by atoms with Crippen LogP contribution in [-0.2, 0) is 11.3 Å². The van der Waals surface area contributed by atoms with E-state index in [2.05, 4.69) is 5.32 Å². The summed E-state index contributed by atoms with van der Waals surface area (Å²) in [4.78, 5) is 40.7. The molecule has 0 bridgehead atoms. The van der Waals surface area contributed by atoms with Crippen LogP contribution >= 0.6 is 11.3 Å². The number of benzene rings is 1. The maximum absolute atomic E-state index is 13.3. The van der Waals surface area contributed by atoms with Crippen molar-refractivity contribution in [2.24, 2.45) is 0 Å². The maximum Gasteiger partial charge on any atom is 0.337 e. The summed E-state index contributed by atoms with van der Waals surface area (Å²) in [5.74, 6) is 0.402. The van der Waals surface area contributed by atoms with Gasteiger partial charge in [-0.1, -0.05) is 6.92 Å². The lowest BCUT2D eigenvalue weighted by Crippen LogP contribution is -2.42. The van der Waals surface area contributed by atoms with Crippen LogP contribution < -0.4 is 21.3 Å². The van der Waals surface area contributed by atoms with E-state index in [-0.39, 0.29) is 24.1 Å². The van der Waals surface area contributed by atoms with E-state index in [1.807, 2.05) is 34.6 Å². The minimum atomic E-state index is -0.530. The predicted octanol–water partition coefficient (Wildman–Crippen LogP) is 3.14. The van der Waals surface area contributed by atoms with Crippen LogP contribution in [0.2, 0.25) is 0 Å². The lowest BCUT2D eigenvalue weighted by Gasteiger charge is -2.15. The number of hydrogen-bond donors (Lipinski definition) is 1. The Labute approximate surface area is 178 Å². The van der Waals surface area contributed by atoms with Gasteiger partial charge in [-0.15, -0.1) is 11.3 Å². The SMILES string of the molecule is CCOc1ccc(-n2c(=O)c3c(C)c(C)sc3n(CC(=O)N[C@@H](C)CC)c2=O)cc1. The van der Waals surface area contributed by atoms with Gasteiger partial charge in [0.25, 0.3) is 5.56 Å². The van der Waals surface area contributed by atoms with Crippen molar-refractivity contribution in [1.82, 2.24) is 14.5 Å². The zero-order valence-electron chi connectivity index (χ0n) is 17.9. The Kier molecular flexibility index (Phi) is 6.45. The van der Waals surface area contributed by atoms with Crippen molar-refractivity contribution in [3.05, 3.63) is 55.5 Å². The number of aromatic nitrogens is 2. The first-order valence-electron chi connectivity index (χ1n) is 10.1.